The summed E-state index contributed by atoms with van der Waals surface area (Å²) in [6.07, 6.45) is 2.37. The SMILES string of the molecule is CN1C(=O)/C(=C\c2ccc(Cl)c(Cl)c2)c2cc(C3(CCN)OCCO3)ccc21. The molecule has 0 unspecified atom stereocenters. The first-order valence-electron chi connectivity index (χ1n) is 9.03. The Kier molecular flexibility index (Phi) is 5.21. The van der Waals surface area contributed by atoms with Crippen LogP contribution >= 0.6 is 23.2 Å². The third kappa shape index (κ3) is 3.23. The molecule has 0 radical (unpaired) electrons. The van der Waals surface area contributed by atoms with E-state index < -0.39 is 5.79 Å². The predicted octanol–water partition coefficient (Wildman–Crippen LogP) is 4.06. The molecule has 0 saturated carbocycles. The Morgan fingerprint density at radius 3 is 2.57 bits per heavy atom. The van der Waals surface area contributed by atoms with Crippen molar-refractivity contribution < 1.29 is 14.3 Å². The fourth-order valence-electron chi connectivity index (χ4n) is 3.69. The first-order chi connectivity index (χ1) is 13.4. The zero-order valence-corrected chi connectivity index (χ0v) is 16.9. The number of fused-ring (bicyclic) bond motifs is 1. The van der Waals surface area contributed by atoms with Crippen molar-refractivity contribution in [3.8, 4) is 0 Å². The Morgan fingerprint density at radius 2 is 1.89 bits per heavy atom. The number of halogens is 2. The Bertz CT molecular complexity index is 968. The second kappa shape index (κ2) is 7.50. The Labute approximate surface area is 173 Å². The molecule has 146 valence electrons. The van der Waals surface area contributed by atoms with Crippen molar-refractivity contribution in [2.45, 2.75) is 12.2 Å². The summed E-state index contributed by atoms with van der Waals surface area (Å²) >= 11 is 12.1. The van der Waals surface area contributed by atoms with Gasteiger partial charge in [0.25, 0.3) is 5.91 Å². The van der Waals surface area contributed by atoms with Gasteiger partial charge in [-0.15, -0.1) is 0 Å². The molecule has 1 saturated heterocycles. The van der Waals surface area contributed by atoms with Crippen LogP contribution < -0.4 is 10.6 Å². The van der Waals surface area contributed by atoms with Crippen LogP contribution in [-0.4, -0.2) is 32.7 Å². The van der Waals surface area contributed by atoms with E-state index in [1.165, 1.54) is 0 Å². The van der Waals surface area contributed by atoms with Crippen molar-refractivity contribution in [2.24, 2.45) is 5.73 Å². The number of carbonyl (C=O) groups excluding carboxylic acids is 1. The third-order valence-electron chi connectivity index (χ3n) is 5.10. The van der Waals surface area contributed by atoms with E-state index in [0.29, 0.717) is 41.8 Å². The maximum atomic E-state index is 12.9. The minimum absolute atomic E-state index is 0.0839. The topological polar surface area (TPSA) is 64.8 Å². The molecule has 28 heavy (non-hydrogen) atoms. The minimum atomic E-state index is -0.858. The molecule has 2 aliphatic rings. The quantitative estimate of drug-likeness (QED) is 0.760. The molecular weight excluding hydrogens is 399 g/mol. The lowest BCUT2D eigenvalue weighted by Crippen LogP contribution is -2.30. The van der Waals surface area contributed by atoms with Gasteiger partial charge >= 0.3 is 0 Å². The van der Waals surface area contributed by atoms with E-state index in [1.807, 2.05) is 30.3 Å². The summed E-state index contributed by atoms with van der Waals surface area (Å²) < 4.78 is 11.8. The van der Waals surface area contributed by atoms with E-state index in [1.54, 1.807) is 24.1 Å². The zero-order chi connectivity index (χ0) is 19.9. The summed E-state index contributed by atoms with van der Waals surface area (Å²) in [5.41, 5.74) is 9.69. The van der Waals surface area contributed by atoms with E-state index >= 15 is 0 Å². The van der Waals surface area contributed by atoms with Gasteiger partial charge in [0, 0.05) is 30.2 Å². The van der Waals surface area contributed by atoms with Gasteiger partial charge in [-0.05, 0) is 42.4 Å². The molecule has 4 rings (SSSR count). The van der Waals surface area contributed by atoms with Crippen molar-refractivity contribution in [2.75, 3.05) is 31.7 Å². The average molecular weight is 419 g/mol. The normalized spacial score (nSPS) is 19.5. The smallest absolute Gasteiger partial charge is 0.258 e. The fourth-order valence-corrected chi connectivity index (χ4v) is 4.00. The summed E-state index contributed by atoms with van der Waals surface area (Å²) in [7, 11) is 1.76. The van der Waals surface area contributed by atoms with Crippen LogP contribution in [0.3, 0.4) is 0 Å². The van der Waals surface area contributed by atoms with Crippen LogP contribution in [0.4, 0.5) is 5.69 Å². The molecule has 2 aliphatic heterocycles. The number of amides is 1. The van der Waals surface area contributed by atoms with E-state index in [2.05, 4.69) is 0 Å². The number of likely N-dealkylation sites (N-methyl/N-ethyl adjacent to an activating group) is 1. The number of hydrogen-bond donors (Lipinski definition) is 1. The molecule has 2 aromatic rings. The number of carbonyl (C=O) groups is 1. The lowest BCUT2D eigenvalue weighted by atomic mass is 9.96. The second-order valence-corrected chi connectivity index (χ2v) is 7.63. The Morgan fingerprint density at radius 1 is 1.14 bits per heavy atom. The standard InChI is InChI=1S/C21H20Cl2N2O3/c1-25-19-5-3-14(21(6-7-24)27-8-9-28-21)12-15(19)16(20(25)26)10-13-2-4-17(22)18(23)11-13/h2-5,10-12H,6-9,24H2,1H3/b16-10-. The summed E-state index contributed by atoms with van der Waals surface area (Å²) in [5, 5.41) is 0.916. The predicted molar refractivity (Wildman–Crippen MR) is 111 cm³/mol. The zero-order valence-electron chi connectivity index (χ0n) is 15.4. The molecule has 0 atom stereocenters. The highest BCUT2D eigenvalue weighted by atomic mass is 35.5. The lowest BCUT2D eigenvalue weighted by Gasteiger charge is -2.28. The van der Waals surface area contributed by atoms with Crippen LogP contribution in [-0.2, 0) is 20.1 Å². The lowest BCUT2D eigenvalue weighted by molar-refractivity contribution is -0.168. The van der Waals surface area contributed by atoms with Crippen LogP contribution in [0.25, 0.3) is 11.6 Å². The second-order valence-electron chi connectivity index (χ2n) is 6.82. The first-order valence-corrected chi connectivity index (χ1v) is 9.78. The van der Waals surface area contributed by atoms with Crippen molar-refractivity contribution >= 4 is 46.4 Å². The van der Waals surface area contributed by atoms with E-state index in [9.17, 15) is 4.79 Å². The van der Waals surface area contributed by atoms with Crippen molar-refractivity contribution in [3.05, 3.63) is 63.1 Å². The van der Waals surface area contributed by atoms with E-state index in [-0.39, 0.29) is 5.91 Å². The summed E-state index contributed by atoms with van der Waals surface area (Å²) in [4.78, 5) is 14.5. The van der Waals surface area contributed by atoms with Gasteiger partial charge in [-0.2, -0.15) is 0 Å². The van der Waals surface area contributed by atoms with Gasteiger partial charge in [0.1, 0.15) is 0 Å². The summed E-state index contributed by atoms with van der Waals surface area (Å²) in [5.74, 6) is -0.942. The maximum Gasteiger partial charge on any atom is 0.258 e. The molecule has 0 bridgehead atoms. The summed E-state index contributed by atoms with van der Waals surface area (Å²) in [6.45, 7) is 1.46. The van der Waals surface area contributed by atoms with Gasteiger partial charge in [0.2, 0.25) is 0 Å². The van der Waals surface area contributed by atoms with Crippen LogP contribution in [0.1, 0.15) is 23.1 Å². The molecule has 1 amide bonds. The minimum Gasteiger partial charge on any atom is -0.343 e. The molecule has 2 aromatic carbocycles. The molecule has 1 fully saturated rings. The molecule has 7 heteroatoms. The number of ether oxygens (including phenoxy) is 2. The number of hydrogen-bond acceptors (Lipinski definition) is 4. The Balaban J connectivity index is 1.81. The molecule has 0 spiro atoms. The highest BCUT2D eigenvalue weighted by Crippen LogP contribution is 2.42. The number of benzene rings is 2. The molecule has 0 aromatic heterocycles. The fraction of sp³-hybridized carbons (Fsp3) is 0.286. The first kappa shape index (κ1) is 19.4. The van der Waals surface area contributed by atoms with Crippen molar-refractivity contribution in [1.29, 1.82) is 0 Å². The number of nitrogens with zero attached hydrogens (tertiary/aromatic N) is 1. The van der Waals surface area contributed by atoms with Gasteiger partial charge < -0.3 is 20.1 Å². The Hall–Kier alpha value is -1.89. The highest BCUT2D eigenvalue weighted by Gasteiger charge is 2.40. The monoisotopic (exact) mass is 418 g/mol. The molecule has 5 nitrogen and oxygen atoms in total. The molecular formula is C21H20Cl2N2O3. The van der Waals surface area contributed by atoms with Crippen molar-refractivity contribution in [1.82, 2.24) is 0 Å². The van der Waals surface area contributed by atoms with Gasteiger partial charge in [-0.3, -0.25) is 4.79 Å². The number of rotatable bonds is 4. The molecule has 2 heterocycles. The molecule has 0 aliphatic carbocycles. The van der Waals surface area contributed by atoms with Gasteiger partial charge in [-0.1, -0.05) is 35.3 Å². The van der Waals surface area contributed by atoms with Crippen LogP contribution in [0, 0.1) is 0 Å². The van der Waals surface area contributed by atoms with Crippen LogP contribution in [0.5, 0.6) is 0 Å². The van der Waals surface area contributed by atoms with Gasteiger partial charge in [0.15, 0.2) is 5.79 Å². The van der Waals surface area contributed by atoms with E-state index in [0.717, 1.165) is 22.4 Å². The van der Waals surface area contributed by atoms with Gasteiger partial charge in [-0.25, -0.2) is 0 Å². The highest BCUT2D eigenvalue weighted by molar-refractivity contribution is 6.42. The summed E-state index contributed by atoms with van der Waals surface area (Å²) in [6, 6.07) is 11.1. The number of anilines is 1. The van der Waals surface area contributed by atoms with E-state index in [4.69, 9.17) is 38.4 Å². The molecule has 2 N–H and O–H groups in total. The van der Waals surface area contributed by atoms with Crippen LogP contribution in [0.15, 0.2) is 36.4 Å². The average Bonchev–Trinajstić information content (AvgIpc) is 3.25. The number of nitrogens with two attached hydrogens (primary N) is 1. The maximum absolute atomic E-state index is 12.9. The van der Waals surface area contributed by atoms with Gasteiger partial charge in [0.05, 0.1) is 28.9 Å². The largest absolute Gasteiger partial charge is 0.343 e. The van der Waals surface area contributed by atoms with Crippen LogP contribution in [0.2, 0.25) is 10.0 Å². The third-order valence-corrected chi connectivity index (χ3v) is 5.84. The van der Waals surface area contributed by atoms with Crippen molar-refractivity contribution in [3.63, 3.8) is 0 Å².